The summed E-state index contributed by atoms with van der Waals surface area (Å²) in [6, 6.07) is 13.8. The summed E-state index contributed by atoms with van der Waals surface area (Å²) in [5.41, 5.74) is 2.94. The van der Waals surface area contributed by atoms with Gasteiger partial charge < -0.3 is 4.74 Å². The van der Waals surface area contributed by atoms with Crippen LogP contribution in [0, 0.1) is 13.8 Å². The molecule has 3 aromatic rings. The summed E-state index contributed by atoms with van der Waals surface area (Å²) in [6.07, 6.45) is 0.930. The molecule has 3 rings (SSSR count). The monoisotopic (exact) mass is 308 g/mol. The van der Waals surface area contributed by atoms with E-state index in [1.165, 1.54) is 0 Å². The molecule has 5 heteroatoms. The van der Waals surface area contributed by atoms with Crippen LogP contribution in [0.1, 0.15) is 24.7 Å². The molecule has 0 unspecified atom stereocenters. The average molecular weight is 308 g/mol. The van der Waals surface area contributed by atoms with E-state index in [-0.39, 0.29) is 0 Å². The molecule has 0 spiro atoms. The van der Waals surface area contributed by atoms with Crippen molar-refractivity contribution in [2.75, 3.05) is 6.61 Å². The summed E-state index contributed by atoms with van der Waals surface area (Å²) in [4.78, 5) is 9.19. The van der Waals surface area contributed by atoms with Crippen LogP contribution in [0.5, 0.6) is 5.88 Å². The standard InChI is InChI=1S/C18H20N4O/c1-4-10-23-17-12-16(22-14(3)11-13(2)21-22)19-18(20-17)15-8-6-5-7-9-15/h5-9,11-12H,4,10H2,1-3H3. The predicted molar refractivity (Wildman–Crippen MR) is 89.9 cm³/mol. The van der Waals surface area contributed by atoms with E-state index in [1.807, 2.05) is 61.0 Å². The van der Waals surface area contributed by atoms with Gasteiger partial charge in [-0.1, -0.05) is 37.3 Å². The van der Waals surface area contributed by atoms with Crippen LogP contribution in [0.2, 0.25) is 0 Å². The number of benzene rings is 1. The van der Waals surface area contributed by atoms with Gasteiger partial charge in [-0.05, 0) is 26.3 Å². The lowest BCUT2D eigenvalue weighted by molar-refractivity contribution is 0.305. The lowest BCUT2D eigenvalue weighted by atomic mass is 10.2. The van der Waals surface area contributed by atoms with E-state index in [2.05, 4.69) is 22.0 Å². The third-order valence-corrected chi connectivity index (χ3v) is 3.40. The summed E-state index contributed by atoms with van der Waals surface area (Å²) in [5.74, 6) is 1.93. The van der Waals surface area contributed by atoms with Crippen LogP contribution in [0.3, 0.4) is 0 Å². The van der Waals surface area contributed by atoms with Gasteiger partial charge in [0.2, 0.25) is 5.88 Å². The zero-order valence-electron chi connectivity index (χ0n) is 13.7. The van der Waals surface area contributed by atoms with Gasteiger partial charge in [0.1, 0.15) is 0 Å². The first-order chi connectivity index (χ1) is 11.2. The number of aromatic nitrogens is 4. The van der Waals surface area contributed by atoms with Gasteiger partial charge >= 0.3 is 0 Å². The van der Waals surface area contributed by atoms with Gasteiger partial charge in [-0.15, -0.1) is 0 Å². The highest BCUT2D eigenvalue weighted by molar-refractivity contribution is 5.56. The van der Waals surface area contributed by atoms with Crippen molar-refractivity contribution < 1.29 is 4.74 Å². The van der Waals surface area contributed by atoms with Crippen molar-refractivity contribution in [2.24, 2.45) is 0 Å². The van der Waals surface area contributed by atoms with E-state index in [4.69, 9.17) is 4.74 Å². The number of rotatable bonds is 5. The van der Waals surface area contributed by atoms with Crippen LogP contribution in [-0.2, 0) is 0 Å². The Bertz CT molecular complexity index is 796. The largest absolute Gasteiger partial charge is 0.478 e. The molecule has 0 amide bonds. The molecular formula is C18H20N4O. The van der Waals surface area contributed by atoms with Gasteiger partial charge in [-0.2, -0.15) is 10.1 Å². The van der Waals surface area contributed by atoms with E-state index in [0.717, 1.165) is 29.2 Å². The fourth-order valence-electron chi connectivity index (χ4n) is 2.38. The number of aryl methyl sites for hydroxylation is 2. The van der Waals surface area contributed by atoms with E-state index in [9.17, 15) is 0 Å². The number of ether oxygens (including phenoxy) is 1. The summed E-state index contributed by atoms with van der Waals surface area (Å²) in [5, 5.41) is 4.51. The quantitative estimate of drug-likeness (QED) is 0.720. The van der Waals surface area contributed by atoms with Gasteiger partial charge in [0.15, 0.2) is 11.6 Å². The average Bonchev–Trinajstić information content (AvgIpc) is 2.92. The minimum absolute atomic E-state index is 0.572. The van der Waals surface area contributed by atoms with Gasteiger partial charge in [0, 0.05) is 17.3 Å². The van der Waals surface area contributed by atoms with Crippen molar-refractivity contribution in [3.63, 3.8) is 0 Å². The molecule has 0 saturated heterocycles. The molecule has 5 nitrogen and oxygen atoms in total. The van der Waals surface area contributed by atoms with Crippen molar-refractivity contribution in [2.45, 2.75) is 27.2 Å². The van der Waals surface area contributed by atoms with Crippen molar-refractivity contribution in [3.05, 3.63) is 53.9 Å². The molecule has 0 aliphatic heterocycles. The summed E-state index contributed by atoms with van der Waals surface area (Å²) in [7, 11) is 0. The Labute approximate surface area is 136 Å². The maximum atomic E-state index is 5.73. The Balaban J connectivity index is 2.10. The first kappa shape index (κ1) is 15.2. The fourth-order valence-corrected chi connectivity index (χ4v) is 2.38. The van der Waals surface area contributed by atoms with Crippen LogP contribution in [0.4, 0.5) is 0 Å². The molecule has 23 heavy (non-hydrogen) atoms. The molecule has 2 heterocycles. The first-order valence-corrected chi connectivity index (χ1v) is 7.78. The molecular weight excluding hydrogens is 288 g/mol. The van der Waals surface area contributed by atoms with Gasteiger partial charge in [-0.3, -0.25) is 0 Å². The minimum atomic E-state index is 0.572. The third kappa shape index (κ3) is 3.39. The lowest BCUT2D eigenvalue weighted by Crippen LogP contribution is -2.07. The highest BCUT2D eigenvalue weighted by atomic mass is 16.5. The molecule has 1 aromatic carbocycles. The Hall–Kier alpha value is -2.69. The molecule has 0 fully saturated rings. The molecule has 0 aliphatic rings. The zero-order chi connectivity index (χ0) is 16.2. The van der Waals surface area contributed by atoms with Gasteiger partial charge in [0.25, 0.3) is 0 Å². The van der Waals surface area contributed by atoms with E-state index < -0.39 is 0 Å². The summed E-state index contributed by atoms with van der Waals surface area (Å²) in [6.45, 7) is 6.68. The normalized spacial score (nSPS) is 10.7. The zero-order valence-corrected chi connectivity index (χ0v) is 13.7. The van der Waals surface area contributed by atoms with Crippen LogP contribution < -0.4 is 4.74 Å². The van der Waals surface area contributed by atoms with Crippen molar-refractivity contribution >= 4 is 0 Å². The summed E-state index contributed by atoms with van der Waals surface area (Å²) < 4.78 is 7.56. The number of nitrogens with zero attached hydrogens (tertiary/aromatic N) is 4. The Kier molecular flexibility index (Phi) is 4.37. The van der Waals surface area contributed by atoms with E-state index in [1.54, 1.807) is 0 Å². The molecule has 118 valence electrons. The van der Waals surface area contributed by atoms with Crippen LogP contribution in [-0.4, -0.2) is 26.4 Å². The Morgan fingerprint density at radius 1 is 1.04 bits per heavy atom. The topological polar surface area (TPSA) is 52.8 Å². The molecule has 0 N–H and O–H groups in total. The van der Waals surface area contributed by atoms with E-state index in [0.29, 0.717) is 18.3 Å². The van der Waals surface area contributed by atoms with Gasteiger partial charge in [0.05, 0.1) is 12.3 Å². The second-order valence-electron chi connectivity index (χ2n) is 5.44. The maximum Gasteiger partial charge on any atom is 0.219 e. The lowest BCUT2D eigenvalue weighted by Gasteiger charge is -2.10. The molecule has 2 aromatic heterocycles. The second kappa shape index (κ2) is 6.60. The molecule has 0 radical (unpaired) electrons. The number of hydrogen-bond acceptors (Lipinski definition) is 4. The van der Waals surface area contributed by atoms with Crippen molar-refractivity contribution in [1.29, 1.82) is 0 Å². The highest BCUT2D eigenvalue weighted by Gasteiger charge is 2.12. The van der Waals surface area contributed by atoms with Crippen molar-refractivity contribution in [1.82, 2.24) is 19.7 Å². The minimum Gasteiger partial charge on any atom is -0.478 e. The summed E-state index contributed by atoms with van der Waals surface area (Å²) >= 11 is 0. The van der Waals surface area contributed by atoms with Crippen LogP contribution >= 0.6 is 0 Å². The van der Waals surface area contributed by atoms with Crippen LogP contribution in [0.25, 0.3) is 17.2 Å². The Morgan fingerprint density at radius 2 is 1.83 bits per heavy atom. The SMILES string of the molecule is CCCOc1cc(-n2nc(C)cc2C)nc(-c2ccccc2)n1. The van der Waals surface area contributed by atoms with Crippen molar-refractivity contribution in [3.8, 4) is 23.1 Å². The molecule has 0 atom stereocenters. The third-order valence-electron chi connectivity index (χ3n) is 3.40. The molecule has 0 saturated carbocycles. The van der Waals surface area contributed by atoms with Crippen LogP contribution in [0.15, 0.2) is 42.5 Å². The first-order valence-electron chi connectivity index (χ1n) is 7.78. The smallest absolute Gasteiger partial charge is 0.219 e. The van der Waals surface area contributed by atoms with E-state index >= 15 is 0 Å². The maximum absolute atomic E-state index is 5.73. The highest BCUT2D eigenvalue weighted by Crippen LogP contribution is 2.21. The molecule has 0 aliphatic carbocycles. The molecule has 0 bridgehead atoms. The number of hydrogen-bond donors (Lipinski definition) is 0. The Morgan fingerprint density at radius 3 is 2.48 bits per heavy atom. The fraction of sp³-hybridized carbons (Fsp3) is 0.278. The second-order valence-corrected chi connectivity index (χ2v) is 5.44. The van der Waals surface area contributed by atoms with Gasteiger partial charge in [-0.25, -0.2) is 9.67 Å². The predicted octanol–water partition coefficient (Wildman–Crippen LogP) is 3.73.